The highest BCUT2D eigenvalue weighted by Gasteiger charge is 2.58. The summed E-state index contributed by atoms with van der Waals surface area (Å²) in [6.07, 6.45) is 2.45. The molecule has 0 aromatic rings. The van der Waals surface area contributed by atoms with Gasteiger partial charge in [-0.15, -0.1) is 0 Å². The van der Waals surface area contributed by atoms with E-state index in [2.05, 4.69) is 31.4 Å². The smallest absolute Gasteiger partial charge is 0.243 e. The van der Waals surface area contributed by atoms with Crippen LogP contribution in [0.2, 0.25) is 0 Å². The van der Waals surface area contributed by atoms with E-state index in [9.17, 15) is 9.59 Å². The zero-order valence-corrected chi connectivity index (χ0v) is 11.5. The Labute approximate surface area is 104 Å². The third-order valence-electron chi connectivity index (χ3n) is 4.31. The Hall–Kier alpha value is -1.06. The molecule has 2 N–H and O–H groups in total. The van der Waals surface area contributed by atoms with E-state index < -0.39 is 6.04 Å². The summed E-state index contributed by atoms with van der Waals surface area (Å²) < 4.78 is 0. The van der Waals surface area contributed by atoms with Crippen LogP contribution in [0.25, 0.3) is 0 Å². The van der Waals surface area contributed by atoms with Crippen molar-refractivity contribution in [1.82, 2.24) is 10.6 Å². The third-order valence-corrected chi connectivity index (χ3v) is 4.31. The van der Waals surface area contributed by atoms with Crippen LogP contribution < -0.4 is 10.6 Å². The van der Waals surface area contributed by atoms with Crippen LogP contribution in [0.1, 0.15) is 47.5 Å². The lowest BCUT2D eigenvalue weighted by atomic mass is 9.97. The molecule has 0 bridgehead atoms. The number of hydrogen-bond donors (Lipinski definition) is 2. The van der Waals surface area contributed by atoms with Crippen molar-refractivity contribution in [2.75, 3.05) is 0 Å². The molecular formula is C13H24N2O2. The summed E-state index contributed by atoms with van der Waals surface area (Å²) in [5, 5.41) is 5.68. The molecule has 1 fully saturated rings. The van der Waals surface area contributed by atoms with Gasteiger partial charge in [0.15, 0.2) is 0 Å². The molecule has 0 aliphatic heterocycles. The minimum atomic E-state index is -0.425. The molecule has 0 aromatic heterocycles. The van der Waals surface area contributed by atoms with Gasteiger partial charge in [-0.3, -0.25) is 9.59 Å². The Balaban J connectivity index is 2.64. The molecule has 0 spiro atoms. The van der Waals surface area contributed by atoms with Crippen molar-refractivity contribution < 1.29 is 9.59 Å². The standard InChI is InChI=1S/C13H24N2O2/c1-6-9(2)10(14-8-16)11(17)15-13(5)7-12(13,3)4/h8-10H,6-7H2,1-5H3,(H,14,16)(H,15,17). The quantitative estimate of drug-likeness (QED) is 0.690. The molecule has 2 amide bonds. The Morgan fingerprint density at radius 3 is 2.29 bits per heavy atom. The fraction of sp³-hybridized carbons (Fsp3) is 0.846. The average molecular weight is 240 g/mol. The minimum absolute atomic E-state index is 0.0699. The second-order valence-corrected chi connectivity index (χ2v) is 6.03. The van der Waals surface area contributed by atoms with Gasteiger partial charge in [-0.1, -0.05) is 34.1 Å². The van der Waals surface area contributed by atoms with Crippen LogP contribution in [-0.4, -0.2) is 23.9 Å². The second kappa shape index (κ2) is 4.67. The lowest BCUT2D eigenvalue weighted by Crippen LogP contribution is -2.51. The summed E-state index contributed by atoms with van der Waals surface area (Å²) in [4.78, 5) is 22.7. The van der Waals surface area contributed by atoms with Gasteiger partial charge in [0.05, 0.1) is 0 Å². The molecule has 0 saturated heterocycles. The molecule has 0 radical (unpaired) electrons. The Morgan fingerprint density at radius 2 is 1.94 bits per heavy atom. The summed E-state index contributed by atoms with van der Waals surface area (Å²) in [6, 6.07) is -0.425. The number of rotatable bonds is 6. The van der Waals surface area contributed by atoms with E-state index in [0.717, 1.165) is 12.8 Å². The molecule has 0 aromatic carbocycles. The van der Waals surface area contributed by atoms with E-state index in [1.54, 1.807) is 0 Å². The van der Waals surface area contributed by atoms with E-state index in [1.165, 1.54) is 0 Å². The Kier molecular flexibility index (Phi) is 3.84. The van der Waals surface area contributed by atoms with Crippen molar-refractivity contribution >= 4 is 12.3 Å². The highest BCUT2D eigenvalue weighted by atomic mass is 16.2. The maximum atomic E-state index is 12.1. The minimum Gasteiger partial charge on any atom is -0.349 e. The van der Waals surface area contributed by atoms with E-state index in [0.29, 0.717) is 6.41 Å². The molecule has 3 unspecified atom stereocenters. The monoisotopic (exact) mass is 240 g/mol. The van der Waals surface area contributed by atoms with Crippen molar-refractivity contribution in [3.8, 4) is 0 Å². The van der Waals surface area contributed by atoms with Crippen LogP contribution in [0, 0.1) is 11.3 Å². The van der Waals surface area contributed by atoms with Gasteiger partial charge in [0.25, 0.3) is 0 Å². The van der Waals surface area contributed by atoms with E-state index in [4.69, 9.17) is 0 Å². The topological polar surface area (TPSA) is 58.2 Å². The van der Waals surface area contributed by atoms with Gasteiger partial charge >= 0.3 is 0 Å². The van der Waals surface area contributed by atoms with Crippen molar-refractivity contribution in [2.45, 2.75) is 59.0 Å². The van der Waals surface area contributed by atoms with Gasteiger partial charge in [-0.05, 0) is 24.7 Å². The predicted octanol–water partition coefficient (Wildman–Crippen LogP) is 1.45. The summed E-state index contributed by atoms with van der Waals surface area (Å²) in [6.45, 7) is 10.3. The molecule has 1 rings (SSSR count). The fourth-order valence-corrected chi connectivity index (χ4v) is 2.21. The predicted molar refractivity (Wildman–Crippen MR) is 67.4 cm³/mol. The summed E-state index contributed by atoms with van der Waals surface area (Å²) >= 11 is 0. The summed E-state index contributed by atoms with van der Waals surface area (Å²) in [5.41, 5.74) is 0.0319. The van der Waals surface area contributed by atoms with Crippen molar-refractivity contribution in [3.05, 3.63) is 0 Å². The van der Waals surface area contributed by atoms with Crippen LogP contribution in [0.15, 0.2) is 0 Å². The molecule has 4 heteroatoms. The summed E-state index contributed by atoms with van der Waals surface area (Å²) in [5.74, 6) is 0.0742. The first-order valence-electron chi connectivity index (χ1n) is 6.29. The molecule has 1 aliphatic rings. The highest BCUT2D eigenvalue weighted by molar-refractivity contribution is 5.85. The fourth-order valence-electron chi connectivity index (χ4n) is 2.21. The lowest BCUT2D eigenvalue weighted by Gasteiger charge is -2.25. The van der Waals surface area contributed by atoms with Crippen molar-refractivity contribution in [3.63, 3.8) is 0 Å². The third kappa shape index (κ3) is 2.79. The molecule has 98 valence electrons. The zero-order valence-electron chi connectivity index (χ0n) is 11.5. The largest absolute Gasteiger partial charge is 0.349 e. The molecule has 3 atom stereocenters. The molecule has 1 saturated carbocycles. The van der Waals surface area contributed by atoms with E-state index >= 15 is 0 Å². The SMILES string of the molecule is CCC(C)C(NC=O)C(=O)NC1(C)CC1(C)C. The van der Waals surface area contributed by atoms with Crippen molar-refractivity contribution in [2.24, 2.45) is 11.3 Å². The molecule has 17 heavy (non-hydrogen) atoms. The van der Waals surface area contributed by atoms with Crippen LogP contribution in [-0.2, 0) is 9.59 Å². The Bertz CT molecular complexity index is 315. The molecular weight excluding hydrogens is 216 g/mol. The van der Waals surface area contributed by atoms with Crippen LogP contribution >= 0.6 is 0 Å². The van der Waals surface area contributed by atoms with Gasteiger partial charge in [0.1, 0.15) is 6.04 Å². The number of nitrogens with one attached hydrogen (secondary N) is 2. The van der Waals surface area contributed by atoms with Gasteiger partial charge in [-0.2, -0.15) is 0 Å². The number of carbonyl (C=O) groups excluding carboxylic acids is 2. The van der Waals surface area contributed by atoms with Gasteiger partial charge in [0, 0.05) is 5.54 Å². The van der Waals surface area contributed by atoms with Crippen LogP contribution in [0.4, 0.5) is 0 Å². The first-order chi connectivity index (χ1) is 7.77. The van der Waals surface area contributed by atoms with Gasteiger partial charge in [-0.25, -0.2) is 0 Å². The Morgan fingerprint density at radius 1 is 1.41 bits per heavy atom. The van der Waals surface area contributed by atoms with Crippen molar-refractivity contribution in [1.29, 1.82) is 0 Å². The van der Waals surface area contributed by atoms with Crippen LogP contribution in [0.5, 0.6) is 0 Å². The lowest BCUT2D eigenvalue weighted by molar-refractivity contribution is -0.127. The molecule has 4 nitrogen and oxygen atoms in total. The highest BCUT2D eigenvalue weighted by Crippen LogP contribution is 2.55. The van der Waals surface area contributed by atoms with Gasteiger partial charge < -0.3 is 10.6 Å². The maximum absolute atomic E-state index is 12.1. The number of carbonyl (C=O) groups is 2. The van der Waals surface area contributed by atoms with E-state index in [-0.39, 0.29) is 22.8 Å². The molecule has 0 heterocycles. The molecule has 1 aliphatic carbocycles. The number of amides is 2. The summed E-state index contributed by atoms with van der Waals surface area (Å²) in [7, 11) is 0. The first-order valence-corrected chi connectivity index (χ1v) is 6.29. The second-order valence-electron chi connectivity index (χ2n) is 6.03. The van der Waals surface area contributed by atoms with Crippen LogP contribution in [0.3, 0.4) is 0 Å². The number of hydrogen-bond acceptors (Lipinski definition) is 2. The van der Waals surface area contributed by atoms with E-state index in [1.807, 2.05) is 13.8 Å². The van der Waals surface area contributed by atoms with Gasteiger partial charge in [0.2, 0.25) is 12.3 Å². The average Bonchev–Trinajstić information content (AvgIpc) is 2.72. The normalized spacial score (nSPS) is 29.0. The first kappa shape index (κ1) is 14.0. The maximum Gasteiger partial charge on any atom is 0.243 e. The zero-order chi connectivity index (χ0) is 13.3.